The highest BCUT2D eigenvalue weighted by Crippen LogP contribution is 2.10. The van der Waals surface area contributed by atoms with Crippen LogP contribution in [0, 0.1) is 0 Å². The molecule has 0 unspecified atom stereocenters. The molecule has 1 amide bonds. The third kappa shape index (κ3) is 5.28. The minimum absolute atomic E-state index is 0.114. The second kappa shape index (κ2) is 5.60. The van der Waals surface area contributed by atoms with Crippen LogP contribution in [0.4, 0.5) is 0 Å². The molecule has 17 heavy (non-hydrogen) atoms. The molecule has 0 aliphatic rings. The average molecular weight is 255 g/mol. The molecule has 0 saturated carbocycles. The molecule has 0 aliphatic heterocycles. The number of benzene rings is 1. The largest absolute Gasteiger partial charge is 0.366 e. The lowest BCUT2D eigenvalue weighted by molar-refractivity contribution is -0.114. The van der Waals surface area contributed by atoms with E-state index >= 15 is 0 Å². The van der Waals surface area contributed by atoms with Gasteiger partial charge in [-0.2, -0.15) is 8.42 Å². The predicted molar refractivity (Wildman–Crippen MR) is 63.6 cm³/mol. The molecular weight excluding hydrogens is 242 g/mol. The van der Waals surface area contributed by atoms with Crippen molar-refractivity contribution >= 4 is 16.0 Å². The number of primary amides is 1. The molecule has 6 heteroatoms. The molecule has 3 N–H and O–H groups in total. The molecule has 1 aromatic rings. The van der Waals surface area contributed by atoms with Crippen LogP contribution < -0.4 is 5.73 Å². The van der Waals surface area contributed by atoms with Crippen LogP contribution in [0.15, 0.2) is 41.3 Å². The van der Waals surface area contributed by atoms with Crippen molar-refractivity contribution in [3.05, 3.63) is 46.9 Å². The minimum Gasteiger partial charge on any atom is -0.366 e. The van der Waals surface area contributed by atoms with Crippen molar-refractivity contribution in [2.45, 2.75) is 12.8 Å². The van der Waals surface area contributed by atoms with E-state index < -0.39 is 16.0 Å². The van der Waals surface area contributed by atoms with Crippen molar-refractivity contribution in [1.82, 2.24) is 0 Å². The van der Waals surface area contributed by atoms with Crippen LogP contribution in [0.3, 0.4) is 0 Å². The zero-order valence-corrected chi connectivity index (χ0v) is 9.85. The summed E-state index contributed by atoms with van der Waals surface area (Å²) in [6.45, 7) is 0. The first kappa shape index (κ1) is 13.4. The van der Waals surface area contributed by atoms with E-state index in [1.165, 1.54) is 0 Å². The normalized spacial score (nSPS) is 12.4. The van der Waals surface area contributed by atoms with Gasteiger partial charge in [0, 0.05) is 5.57 Å². The Morgan fingerprint density at radius 3 is 2.35 bits per heavy atom. The molecule has 92 valence electrons. The number of carbonyl (C=O) groups is 1. The maximum absolute atomic E-state index is 11.0. The average Bonchev–Trinajstić information content (AvgIpc) is 2.24. The molecule has 0 saturated heterocycles. The molecule has 0 bridgehead atoms. The Morgan fingerprint density at radius 1 is 1.29 bits per heavy atom. The summed E-state index contributed by atoms with van der Waals surface area (Å²) in [5, 5.41) is 0.498. The molecule has 5 nitrogen and oxygen atoms in total. The van der Waals surface area contributed by atoms with Crippen LogP contribution in [0.2, 0.25) is 0 Å². The first-order chi connectivity index (χ1) is 7.88. The van der Waals surface area contributed by atoms with Crippen LogP contribution in [-0.2, 0) is 21.3 Å². The maximum atomic E-state index is 11.0. The van der Waals surface area contributed by atoms with Crippen molar-refractivity contribution in [2.75, 3.05) is 0 Å². The predicted octanol–water partition coefficient (Wildman–Crippen LogP) is 0.876. The Labute approximate surface area is 99.7 Å². The summed E-state index contributed by atoms with van der Waals surface area (Å²) < 4.78 is 29.9. The fraction of sp³-hybridized carbons (Fsp3) is 0.182. The summed E-state index contributed by atoms with van der Waals surface area (Å²) in [7, 11) is -4.34. The first-order valence-corrected chi connectivity index (χ1v) is 6.40. The lowest BCUT2D eigenvalue weighted by atomic mass is 10.1. The fourth-order valence-electron chi connectivity index (χ4n) is 1.34. The van der Waals surface area contributed by atoms with Gasteiger partial charge in [0.2, 0.25) is 5.91 Å². The molecule has 0 heterocycles. The van der Waals surface area contributed by atoms with E-state index in [2.05, 4.69) is 0 Å². The Balaban J connectivity index is 2.77. The SMILES string of the molecule is NC(=O)C(=CS(=O)(=O)O)CCc1ccccc1. The van der Waals surface area contributed by atoms with Crippen molar-refractivity contribution in [3.63, 3.8) is 0 Å². The molecule has 1 aromatic carbocycles. The van der Waals surface area contributed by atoms with Crippen molar-refractivity contribution in [2.24, 2.45) is 5.73 Å². The van der Waals surface area contributed by atoms with E-state index in [1.807, 2.05) is 30.3 Å². The monoisotopic (exact) mass is 255 g/mol. The number of hydrogen-bond donors (Lipinski definition) is 2. The highest BCUT2D eigenvalue weighted by molar-refractivity contribution is 7.88. The Kier molecular flexibility index (Phi) is 4.42. The van der Waals surface area contributed by atoms with E-state index in [1.54, 1.807) is 0 Å². The third-order valence-corrected chi connectivity index (χ3v) is 2.72. The number of nitrogens with two attached hydrogens (primary N) is 1. The molecule has 0 atom stereocenters. The number of carbonyl (C=O) groups excluding carboxylic acids is 1. The lowest BCUT2D eigenvalue weighted by Gasteiger charge is -2.03. The molecule has 1 rings (SSSR count). The van der Waals surface area contributed by atoms with Gasteiger partial charge in [-0.1, -0.05) is 30.3 Å². The van der Waals surface area contributed by atoms with E-state index in [9.17, 15) is 13.2 Å². The highest BCUT2D eigenvalue weighted by atomic mass is 32.2. The minimum atomic E-state index is -4.34. The van der Waals surface area contributed by atoms with E-state index in [0.29, 0.717) is 11.8 Å². The van der Waals surface area contributed by atoms with Crippen LogP contribution in [0.1, 0.15) is 12.0 Å². The van der Waals surface area contributed by atoms with Gasteiger partial charge in [0.25, 0.3) is 10.1 Å². The molecule has 0 fully saturated rings. The van der Waals surface area contributed by atoms with Crippen LogP contribution in [-0.4, -0.2) is 18.9 Å². The first-order valence-electron chi connectivity index (χ1n) is 4.90. The summed E-state index contributed by atoms with van der Waals surface area (Å²) in [5.41, 5.74) is 5.86. The number of aryl methyl sites for hydroxylation is 1. The summed E-state index contributed by atoms with van der Waals surface area (Å²) in [6.07, 6.45) is 0.643. The molecule has 0 radical (unpaired) electrons. The van der Waals surface area contributed by atoms with E-state index in [-0.39, 0.29) is 12.0 Å². The quantitative estimate of drug-likeness (QED) is 0.602. The summed E-state index contributed by atoms with van der Waals surface area (Å²) in [5.74, 6) is -0.849. The van der Waals surface area contributed by atoms with Crippen molar-refractivity contribution < 1.29 is 17.8 Å². The Morgan fingerprint density at radius 2 is 1.88 bits per heavy atom. The number of hydrogen-bond acceptors (Lipinski definition) is 3. The Hall–Kier alpha value is -1.66. The van der Waals surface area contributed by atoms with E-state index in [0.717, 1.165) is 5.56 Å². The summed E-state index contributed by atoms with van der Waals surface area (Å²) in [6, 6.07) is 9.24. The zero-order chi connectivity index (χ0) is 12.9. The summed E-state index contributed by atoms with van der Waals surface area (Å²) in [4.78, 5) is 11.0. The van der Waals surface area contributed by atoms with Crippen molar-refractivity contribution in [1.29, 1.82) is 0 Å². The van der Waals surface area contributed by atoms with Gasteiger partial charge in [0.05, 0.1) is 5.41 Å². The topological polar surface area (TPSA) is 97.5 Å². The molecular formula is C11H13NO4S. The molecule has 0 aromatic heterocycles. The molecule has 0 aliphatic carbocycles. The van der Waals surface area contributed by atoms with Crippen LogP contribution >= 0.6 is 0 Å². The van der Waals surface area contributed by atoms with Gasteiger partial charge in [-0.15, -0.1) is 0 Å². The number of amides is 1. The Bertz CT molecular complexity index is 520. The van der Waals surface area contributed by atoms with Crippen LogP contribution in [0.5, 0.6) is 0 Å². The van der Waals surface area contributed by atoms with Gasteiger partial charge in [0.15, 0.2) is 0 Å². The fourth-order valence-corrected chi connectivity index (χ4v) is 1.94. The van der Waals surface area contributed by atoms with Gasteiger partial charge in [-0.25, -0.2) is 0 Å². The lowest BCUT2D eigenvalue weighted by Crippen LogP contribution is -2.16. The van der Waals surface area contributed by atoms with Crippen molar-refractivity contribution in [3.8, 4) is 0 Å². The molecule has 0 spiro atoms. The second-order valence-electron chi connectivity index (χ2n) is 3.51. The second-order valence-corrected chi connectivity index (χ2v) is 4.77. The van der Waals surface area contributed by atoms with Crippen LogP contribution in [0.25, 0.3) is 0 Å². The highest BCUT2D eigenvalue weighted by Gasteiger charge is 2.10. The standard InChI is InChI=1S/C11H13NO4S/c12-11(13)10(8-17(14,15)16)7-6-9-4-2-1-3-5-9/h1-5,8H,6-7H2,(H2,12,13)(H,14,15,16). The van der Waals surface area contributed by atoms with Gasteiger partial charge >= 0.3 is 0 Å². The third-order valence-electron chi connectivity index (χ3n) is 2.13. The maximum Gasteiger partial charge on any atom is 0.288 e. The van der Waals surface area contributed by atoms with Gasteiger partial charge in [0.1, 0.15) is 0 Å². The van der Waals surface area contributed by atoms with Gasteiger partial charge in [-0.3, -0.25) is 9.35 Å². The van der Waals surface area contributed by atoms with E-state index in [4.69, 9.17) is 10.3 Å². The number of rotatable bonds is 5. The summed E-state index contributed by atoms with van der Waals surface area (Å²) >= 11 is 0. The van der Waals surface area contributed by atoms with Gasteiger partial charge < -0.3 is 5.73 Å². The van der Waals surface area contributed by atoms with Gasteiger partial charge in [-0.05, 0) is 18.4 Å². The zero-order valence-electron chi connectivity index (χ0n) is 9.04. The smallest absolute Gasteiger partial charge is 0.288 e.